The van der Waals surface area contributed by atoms with Crippen LogP contribution in [0, 0.1) is 11.8 Å². The number of rotatable bonds is 11. The van der Waals surface area contributed by atoms with Crippen LogP contribution in [0.3, 0.4) is 0 Å². The standard InChI is InChI=1S/C18H32N.CN/c1-3-5-6-7-8-9-10-11-15-19-16-13-18(12-4-2)14-17-19;1-2/h13-14,16-17H,3-12,15H2,1-2H3;/q+1;-1. The van der Waals surface area contributed by atoms with Gasteiger partial charge in [-0.2, -0.15) is 0 Å². The summed E-state index contributed by atoms with van der Waals surface area (Å²) in [5, 5.41) is 6.25. The van der Waals surface area contributed by atoms with E-state index in [0.29, 0.717) is 0 Å². The second kappa shape index (κ2) is 15.0. The van der Waals surface area contributed by atoms with E-state index < -0.39 is 0 Å². The molecule has 0 aliphatic heterocycles. The molecule has 21 heavy (non-hydrogen) atoms. The van der Waals surface area contributed by atoms with Gasteiger partial charge >= 0.3 is 0 Å². The zero-order valence-electron chi connectivity index (χ0n) is 14.0. The highest BCUT2D eigenvalue weighted by Gasteiger charge is 2.00. The van der Waals surface area contributed by atoms with Crippen molar-refractivity contribution in [1.82, 2.24) is 0 Å². The molecule has 0 aliphatic carbocycles. The Morgan fingerprint density at radius 2 is 1.33 bits per heavy atom. The molecule has 2 nitrogen and oxygen atoms in total. The molecule has 1 heterocycles. The second-order valence-corrected chi connectivity index (χ2v) is 5.67. The van der Waals surface area contributed by atoms with Gasteiger partial charge in [0, 0.05) is 18.6 Å². The lowest BCUT2D eigenvalue weighted by molar-refractivity contribution is -0.697. The lowest BCUT2D eigenvalue weighted by atomic mass is 10.1. The van der Waals surface area contributed by atoms with Crippen molar-refractivity contribution in [1.29, 1.82) is 5.26 Å². The van der Waals surface area contributed by atoms with Crippen molar-refractivity contribution in [3.05, 3.63) is 36.7 Å². The fourth-order valence-corrected chi connectivity index (χ4v) is 2.52. The number of aryl methyl sites for hydroxylation is 2. The summed E-state index contributed by atoms with van der Waals surface area (Å²) in [4.78, 5) is 0. The smallest absolute Gasteiger partial charge is 0.169 e. The SMILES string of the molecule is CCCCCCCCCC[n+]1ccc(CCC)cc1.[C-]#N. The predicted octanol–water partition coefficient (Wildman–Crippen LogP) is 5.16. The lowest BCUT2D eigenvalue weighted by Gasteiger charge is -2.01. The first kappa shape index (κ1) is 19.6. The third-order valence-corrected chi connectivity index (χ3v) is 3.77. The molecule has 1 aromatic heterocycles. The minimum absolute atomic E-state index is 1.18. The quantitative estimate of drug-likeness (QED) is 0.314. The maximum atomic E-state index is 6.25. The molecular weight excluding hydrogens is 256 g/mol. The molecule has 0 spiro atoms. The molecule has 0 aromatic carbocycles. The molecule has 0 saturated carbocycles. The molecule has 0 atom stereocenters. The van der Waals surface area contributed by atoms with Crippen LogP contribution in [0.15, 0.2) is 24.5 Å². The van der Waals surface area contributed by atoms with Gasteiger partial charge in [-0.25, -0.2) is 4.57 Å². The van der Waals surface area contributed by atoms with Gasteiger partial charge in [0.1, 0.15) is 6.54 Å². The van der Waals surface area contributed by atoms with E-state index in [1.54, 1.807) is 0 Å². The topological polar surface area (TPSA) is 27.7 Å². The molecule has 0 unspecified atom stereocenters. The Bertz CT molecular complexity index is 340. The normalized spacial score (nSPS) is 9.90. The predicted molar refractivity (Wildman–Crippen MR) is 88.2 cm³/mol. The van der Waals surface area contributed by atoms with Crippen molar-refractivity contribution in [2.24, 2.45) is 0 Å². The summed E-state index contributed by atoms with van der Waals surface area (Å²) in [5.41, 5.74) is 1.47. The monoisotopic (exact) mass is 288 g/mol. The molecule has 0 amide bonds. The molecule has 0 saturated heterocycles. The first-order valence-corrected chi connectivity index (χ1v) is 8.57. The average Bonchev–Trinajstić information content (AvgIpc) is 2.54. The van der Waals surface area contributed by atoms with E-state index in [1.807, 2.05) is 0 Å². The number of aromatic nitrogens is 1. The first-order chi connectivity index (χ1) is 10.4. The Morgan fingerprint density at radius 1 is 0.810 bits per heavy atom. The van der Waals surface area contributed by atoms with Gasteiger partial charge in [0.05, 0.1) is 0 Å². The van der Waals surface area contributed by atoms with Crippen LogP contribution in [0.25, 0.3) is 0 Å². The Hall–Kier alpha value is -1.36. The van der Waals surface area contributed by atoms with E-state index in [2.05, 4.69) is 42.9 Å². The van der Waals surface area contributed by atoms with Crippen molar-refractivity contribution in [3.8, 4) is 0 Å². The molecule has 0 radical (unpaired) electrons. The summed E-state index contributed by atoms with van der Waals surface area (Å²) in [6.45, 7) is 10.5. The largest absolute Gasteiger partial charge is 0.512 e. The molecule has 1 rings (SSSR count). The summed E-state index contributed by atoms with van der Waals surface area (Å²) in [6, 6.07) is 4.54. The number of hydrogen-bond acceptors (Lipinski definition) is 1. The molecule has 118 valence electrons. The maximum Gasteiger partial charge on any atom is 0.169 e. The van der Waals surface area contributed by atoms with Crippen LogP contribution in [0.1, 0.15) is 77.2 Å². The second-order valence-electron chi connectivity index (χ2n) is 5.67. The van der Waals surface area contributed by atoms with E-state index in [9.17, 15) is 0 Å². The van der Waals surface area contributed by atoms with Crippen molar-refractivity contribution < 1.29 is 4.57 Å². The van der Waals surface area contributed by atoms with Crippen LogP contribution >= 0.6 is 0 Å². The van der Waals surface area contributed by atoms with Crippen LogP contribution in [0.4, 0.5) is 0 Å². The minimum Gasteiger partial charge on any atom is -0.512 e. The molecule has 2 heteroatoms. The Labute approximate surface area is 131 Å². The molecule has 1 aromatic rings. The fourth-order valence-electron chi connectivity index (χ4n) is 2.52. The first-order valence-electron chi connectivity index (χ1n) is 8.57. The van der Waals surface area contributed by atoms with Gasteiger partial charge in [0.15, 0.2) is 12.4 Å². The number of unbranched alkanes of at least 4 members (excludes halogenated alkanes) is 7. The summed E-state index contributed by atoms with van der Waals surface area (Å²) >= 11 is 0. The van der Waals surface area contributed by atoms with Gasteiger partial charge in [0.25, 0.3) is 0 Å². The van der Waals surface area contributed by atoms with Gasteiger partial charge in [-0.3, -0.25) is 0 Å². The summed E-state index contributed by atoms with van der Waals surface area (Å²) < 4.78 is 2.33. The van der Waals surface area contributed by atoms with E-state index in [-0.39, 0.29) is 0 Å². The van der Waals surface area contributed by atoms with E-state index in [1.165, 1.54) is 76.3 Å². The van der Waals surface area contributed by atoms with Crippen LogP contribution in [-0.2, 0) is 13.0 Å². The molecule has 0 aliphatic rings. The third-order valence-electron chi connectivity index (χ3n) is 3.77. The van der Waals surface area contributed by atoms with Crippen molar-refractivity contribution in [2.45, 2.75) is 84.6 Å². The number of nitrogens with zero attached hydrogens (tertiary/aromatic N) is 2. The Kier molecular flexibility index (Phi) is 14.1. The van der Waals surface area contributed by atoms with E-state index in [0.717, 1.165) is 0 Å². The molecule has 0 N–H and O–H groups in total. The average molecular weight is 288 g/mol. The van der Waals surface area contributed by atoms with Crippen LogP contribution < -0.4 is 4.57 Å². The molecular formula is C19H32N2. The molecule has 0 bridgehead atoms. The number of hydrogen-bond donors (Lipinski definition) is 0. The van der Waals surface area contributed by atoms with Gasteiger partial charge in [0.2, 0.25) is 0 Å². The zero-order valence-corrected chi connectivity index (χ0v) is 14.0. The Morgan fingerprint density at radius 3 is 1.86 bits per heavy atom. The Balaban J connectivity index is 0.00000191. The minimum atomic E-state index is 1.18. The summed E-state index contributed by atoms with van der Waals surface area (Å²) in [6.07, 6.45) is 18.1. The van der Waals surface area contributed by atoms with Crippen molar-refractivity contribution in [2.75, 3.05) is 0 Å². The van der Waals surface area contributed by atoms with Crippen LogP contribution in [-0.4, -0.2) is 0 Å². The van der Waals surface area contributed by atoms with Gasteiger partial charge < -0.3 is 11.8 Å². The summed E-state index contributed by atoms with van der Waals surface area (Å²) in [5.74, 6) is 0. The van der Waals surface area contributed by atoms with Gasteiger partial charge in [-0.15, -0.1) is 0 Å². The third kappa shape index (κ3) is 11.0. The summed E-state index contributed by atoms with van der Waals surface area (Å²) in [7, 11) is 0. The zero-order chi connectivity index (χ0) is 15.8. The van der Waals surface area contributed by atoms with Crippen LogP contribution in [0.5, 0.6) is 0 Å². The van der Waals surface area contributed by atoms with Crippen molar-refractivity contribution >= 4 is 0 Å². The van der Waals surface area contributed by atoms with E-state index >= 15 is 0 Å². The van der Waals surface area contributed by atoms with Gasteiger partial charge in [-0.1, -0.05) is 58.8 Å². The highest BCUT2D eigenvalue weighted by atomic mass is 14.9. The highest BCUT2D eigenvalue weighted by molar-refractivity contribution is 5.06. The fraction of sp³-hybridized carbons (Fsp3) is 0.684. The van der Waals surface area contributed by atoms with Gasteiger partial charge in [-0.05, 0) is 18.4 Å². The van der Waals surface area contributed by atoms with Crippen molar-refractivity contribution in [3.63, 3.8) is 0 Å². The maximum absolute atomic E-state index is 6.25. The number of pyridine rings is 1. The lowest BCUT2D eigenvalue weighted by Crippen LogP contribution is -2.32. The van der Waals surface area contributed by atoms with E-state index in [4.69, 9.17) is 11.8 Å². The highest BCUT2D eigenvalue weighted by Crippen LogP contribution is 2.08. The van der Waals surface area contributed by atoms with Crippen LogP contribution in [0.2, 0.25) is 0 Å². The molecule has 0 fully saturated rings.